The lowest BCUT2D eigenvalue weighted by Gasteiger charge is -2.31. The van der Waals surface area contributed by atoms with Crippen molar-refractivity contribution in [3.63, 3.8) is 0 Å². The first-order valence-electron chi connectivity index (χ1n) is 3.20. The summed E-state index contributed by atoms with van der Waals surface area (Å²) in [7, 11) is 1.22. The molecule has 0 aromatic heterocycles. The zero-order chi connectivity index (χ0) is 8.91. The molecule has 0 saturated carbocycles. The molecule has 5 nitrogen and oxygen atoms in total. The van der Waals surface area contributed by atoms with Crippen LogP contribution in [0.5, 0.6) is 0 Å². The quantitative estimate of drug-likeness (QED) is 0.352. The van der Waals surface area contributed by atoms with Crippen LogP contribution < -0.4 is 0 Å². The van der Waals surface area contributed by atoms with Crippen molar-refractivity contribution in [2.45, 2.75) is 6.29 Å². The molecule has 0 rings (SSSR count). The molecule has 0 fully saturated rings. The maximum atomic E-state index is 9.07. The van der Waals surface area contributed by atoms with Gasteiger partial charge in [-0.2, -0.15) is 0 Å². The molecule has 0 radical (unpaired) electrons. The molecule has 0 aromatic carbocycles. The molecule has 0 aliphatic rings. The molecule has 1 atom stereocenters. The fourth-order valence-electron chi connectivity index (χ4n) is 0.634. The summed E-state index contributed by atoms with van der Waals surface area (Å²) in [5.74, 6) is 0. The van der Waals surface area contributed by atoms with Crippen LogP contribution in [0.1, 0.15) is 0 Å². The molecule has 11 heavy (non-hydrogen) atoms. The molecule has 0 saturated heterocycles. The van der Waals surface area contributed by atoms with Crippen LogP contribution in [0.4, 0.5) is 0 Å². The number of rotatable bonds is 5. The first-order valence-corrected chi connectivity index (χ1v) is 3.20. The fourth-order valence-corrected chi connectivity index (χ4v) is 0.634. The minimum Gasteiger partial charge on any atom is -0.395 e. The van der Waals surface area contributed by atoms with Gasteiger partial charge in [-0.1, -0.05) is 0 Å². The highest BCUT2D eigenvalue weighted by molar-refractivity contribution is 4.79. The van der Waals surface area contributed by atoms with Gasteiger partial charge in [0, 0.05) is 7.11 Å². The summed E-state index contributed by atoms with van der Waals surface area (Å²) in [5, 5.41) is 35.2. The standard InChI is InChI=1S/C6H14O5/c1-11-5(10)6(2-7,3-8)4-9/h5,7-10H,2-4H2,1H3. The monoisotopic (exact) mass is 166 g/mol. The molecule has 0 aromatic rings. The molecule has 0 amide bonds. The second-order valence-corrected chi connectivity index (χ2v) is 2.42. The van der Waals surface area contributed by atoms with Crippen molar-refractivity contribution >= 4 is 0 Å². The number of aliphatic hydroxyl groups excluding tert-OH is 4. The SMILES string of the molecule is COC(O)C(CO)(CO)CO. The lowest BCUT2D eigenvalue weighted by atomic mass is 9.90. The minimum atomic E-state index is -1.37. The molecule has 5 heteroatoms. The molecule has 0 aliphatic carbocycles. The van der Waals surface area contributed by atoms with E-state index in [1.807, 2.05) is 0 Å². The Hall–Kier alpha value is -0.200. The lowest BCUT2D eigenvalue weighted by Crippen LogP contribution is -2.46. The Bertz CT molecular complexity index is 92.9. The zero-order valence-electron chi connectivity index (χ0n) is 6.40. The summed E-state index contributed by atoms with van der Waals surface area (Å²) in [6.45, 7) is -1.60. The van der Waals surface area contributed by atoms with E-state index in [4.69, 9.17) is 20.4 Å². The number of methoxy groups -OCH3 is 1. The highest BCUT2D eigenvalue weighted by atomic mass is 16.6. The third kappa shape index (κ3) is 2.11. The van der Waals surface area contributed by atoms with E-state index in [-0.39, 0.29) is 0 Å². The van der Waals surface area contributed by atoms with E-state index in [1.165, 1.54) is 7.11 Å². The van der Waals surface area contributed by atoms with Crippen molar-refractivity contribution < 1.29 is 25.2 Å². The van der Waals surface area contributed by atoms with Gasteiger partial charge in [-0.3, -0.25) is 0 Å². The van der Waals surface area contributed by atoms with Gasteiger partial charge in [-0.15, -0.1) is 0 Å². The van der Waals surface area contributed by atoms with Gasteiger partial charge in [0.1, 0.15) is 0 Å². The van der Waals surface area contributed by atoms with Gasteiger partial charge in [-0.25, -0.2) is 0 Å². The topological polar surface area (TPSA) is 90.2 Å². The van der Waals surface area contributed by atoms with Crippen LogP contribution in [0.25, 0.3) is 0 Å². The van der Waals surface area contributed by atoms with Crippen LogP contribution >= 0.6 is 0 Å². The molecule has 0 bridgehead atoms. The number of aliphatic hydroxyl groups is 4. The highest BCUT2D eigenvalue weighted by Gasteiger charge is 2.36. The van der Waals surface area contributed by atoms with Crippen LogP contribution in [-0.2, 0) is 4.74 Å². The molecule has 68 valence electrons. The van der Waals surface area contributed by atoms with Crippen LogP contribution in [0, 0.1) is 5.41 Å². The van der Waals surface area contributed by atoms with Crippen molar-refractivity contribution in [2.24, 2.45) is 5.41 Å². The average molecular weight is 166 g/mol. The molecule has 0 spiro atoms. The molecule has 4 N–H and O–H groups in total. The van der Waals surface area contributed by atoms with Crippen molar-refractivity contribution in [1.29, 1.82) is 0 Å². The lowest BCUT2D eigenvalue weighted by molar-refractivity contribution is -0.198. The van der Waals surface area contributed by atoms with E-state index in [1.54, 1.807) is 0 Å². The van der Waals surface area contributed by atoms with Gasteiger partial charge in [0.15, 0.2) is 6.29 Å². The average Bonchev–Trinajstić information content (AvgIpc) is 2.08. The van der Waals surface area contributed by atoms with Crippen LogP contribution in [0.2, 0.25) is 0 Å². The van der Waals surface area contributed by atoms with Gasteiger partial charge >= 0.3 is 0 Å². The third-order valence-electron chi connectivity index (χ3n) is 1.69. The maximum Gasteiger partial charge on any atom is 0.166 e. The Labute approximate surface area is 64.9 Å². The normalized spacial score (nSPS) is 15.0. The summed E-state index contributed by atoms with van der Waals surface area (Å²) >= 11 is 0. The Balaban J connectivity index is 4.26. The van der Waals surface area contributed by atoms with Crippen molar-refractivity contribution in [1.82, 2.24) is 0 Å². The second-order valence-electron chi connectivity index (χ2n) is 2.42. The zero-order valence-corrected chi connectivity index (χ0v) is 6.40. The Morgan fingerprint density at radius 3 is 1.64 bits per heavy atom. The first kappa shape index (κ1) is 10.8. The van der Waals surface area contributed by atoms with Gasteiger partial charge in [0.2, 0.25) is 0 Å². The van der Waals surface area contributed by atoms with Gasteiger partial charge in [-0.05, 0) is 0 Å². The first-order chi connectivity index (χ1) is 5.16. The summed E-state index contributed by atoms with van der Waals surface area (Å²) < 4.78 is 4.46. The van der Waals surface area contributed by atoms with Crippen LogP contribution in [0.15, 0.2) is 0 Å². The summed E-state index contributed by atoms with van der Waals surface area (Å²) in [6, 6.07) is 0. The molecular weight excluding hydrogens is 152 g/mol. The van der Waals surface area contributed by atoms with Crippen molar-refractivity contribution in [2.75, 3.05) is 26.9 Å². The van der Waals surface area contributed by atoms with Crippen LogP contribution in [0.3, 0.4) is 0 Å². The molecular formula is C6H14O5. The third-order valence-corrected chi connectivity index (χ3v) is 1.69. The van der Waals surface area contributed by atoms with E-state index in [2.05, 4.69) is 4.74 Å². The molecule has 0 heterocycles. The van der Waals surface area contributed by atoms with E-state index < -0.39 is 31.5 Å². The Morgan fingerprint density at radius 2 is 1.55 bits per heavy atom. The van der Waals surface area contributed by atoms with Gasteiger partial charge in [0.05, 0.1) is 25.2 Å². The van der Waals surface area contributed by atoms with Gasteiger partial charge < -0.3 is 25.2 Å². The van der Waals surface area contributed by atoms with E-state index in [9.17, 15) is 0 Å². The molecule has 0 aliphatic heterocycles. The van der Waals surface area contributed by atoms with Crippen LogP contribution in [-0.4, -0.2) is 53.6 Å². The Kier molecular flexibility index (Phi) is 4.55. The van der Waals surface area contributed by atoms with E-state index in [0.29, 0.717) is 0 Å². The fraction of sp³-hybridized carbons (Fsp3) is 1.00. The van der Waals surface area contributed by atoms with E-state index >= 15 is 0 Å². The van der Waals surface area contributed by atoms with Crippen molar-refractivity contribution in [3.05, 3.63) is 0 Å². The van der Waals surface area contributed by atoms with E-state index in [0.717, 1.165) is 0 Å². The summed E-state index contributed by atoms with van der Waals surface area (Å²) in [6.07, 6.45) is -1.36. The van der Waals surface area contributed by atoms with Gasteiger partial charge in [0.25, 0.3) is 0 Å². The number of hydrogen-bond acceptors (Lipinski definition) is 5. The minimum absolute atomic E-state index is 0.533. The predicted octanol–water partition coefficient (Wildman–Crippen LogP) is -2.09. The number of ether oxygens (including phenoxy) is 1. The summed E-state index contributed by atoms with van der Waals surface area (Å²) in [5.41, 5.74) is -1.37. The Morgan fingerprint density at radius 1 is 1.18 bits per heavy atom. The second kappa shape index (κ2) is 4.63. The predicted molar refractivity (Wildman–Crippen MR) is 36.7 cm³/mol. The number of hydrogen-bond donors (Lipinski definition) is 4. The summed E-state index contributed by atoms with van der Waals surface area (Å²) in [4.78, 5) is 0. The highest BCUT2D eigenvalue weighted by Crippen LogP contribution is 2.20. The smallest absolute Gasteiger partial charge is 0.166 e. The van der Waals surface area contributed by atoms with Crippen molar-refractivity contribution in [3.8, 4) is 0 Å². The molecule has 1 unspecified atom stereocenters. The maximum absolute atomic E-state index is 9.07. The largest absolute Gasteiger partial charge is 0.395 e.